The quantitative estimate of drug-likeness (QED) is 0.346. The van der Waals surface area contributed by atoms with Crippen molar-refractivity contribution in [1.29, 1.82) is 0 Å². The van der Waals surface area contributed by atoms with Crippen molar-refractivity contribution < 1.29 is 14.2 Å². The molecule has 0 saturated heterocycles. The first-order valence-electron chi connectivity index (χ1n) is 12.3. The fraction of sp³-hybridized carbons (Fsp3) is 0.467. The molecule has 0 N–H and O–H groups in total. The first kappa shape index (κ1) is 23.8. The van der Waals surface area contributed by atoms with Crippen LogP contribution in [0, 0.1) is 5.41 Å². The lowest BCUT2D eigenvalue weighted by atomic mass is 9.69. The third-order valence-corrected chi connectivity index (χ3v) is 7.52. The zero-order valence-electron chi connectivity index (χ0n) is 20.4. The zero-order valence-corrected chi connectivity index (χ0v) is 20.4. The van der Waals surface area contributed by atoms with Crippen molar-refractivity contribution in [1.82, 2.24) is 0 Å². The second-order valence-corrected chi connectivity index (χ2v) is 9.59. The smallest absolute Gasteiger partial charge is 0.119 e. The Labute approximate surface area is 199 Å². The minimum Gasteiger partial charge on any atom is -0.497 e. The molecule has 1 unspecified atom stereocenters. The summed E-state index contributed by atoms with van der Waals surface area (Å²) in [6, 6.07) is 18.9. The van der Waals surface area contributed by atoms with Gasteiger partial charge in [0.05, 0.1) is 19.8 Å². The van der Waals surface area contributed by atoms with E-state index in [1.807, 2.05) is 19.2 Å². The molecule has 1 fully saturated rings. The lowest BCUT2D eigenvalue weighted by Crippen LogP contribution is -2.24. The highest BCUT2D eigenvalue weighted by molar-refractivity contribution is 5.44. The van der Waals surface area contributed by atoms with Crippen LogP contribution >= 0.6 is 0 Å². The van der Waals surface area contributed by atoms with Crippen molar-refractivity contribution >= 4 is 0 Å². The van der Waals surface area contributed by atoms with Gasteiger partial charge in [0.15, 0.2) is 0 Å². The van der Waals surface area contributed by atoms with E-state index in [4.69, 9.17) is 14.2 Å². The second kappa shape index (κ2) is 11.2. The van der Waals surface area contributed by atoms with Gasteiger partial charge in [0.1, 0.15) is 5.75 Å². The van der Waals surface area contributed by atoms with Crippen molar-refractivity contribution in [3.8, 4) is 5.75 Å². The van der Waals surface area contributed by atoms with E-state index in [2.05, 4.69) is 55.5 Å². The van der Waals surface area contributed by atoms with E-state index < -0.39 is 0 Å². The van der Waals surface area contributed by atoms with Crippen molar-refractivity contribution in [2.24, 2.45) is 5.41 Å². The number of aryl methyl sites for hydroxylation is 1. The van der Waals surface area contributed by atoms with Crippen molar-refractivity contribution in [2.75, 3.05) is 20.8 Å². The Hall–Kier alpha value is -2.36. The number of benzene rings is 2. The summed E-state index contributed by atoms with van der Waals surface area (Å²) in [4.78, 5) is 0. The molecule has 0 bridgehead atoms. The number of hydrogen-bond acceptors (Lipinski definition) is 3. The van der Waals surface area contributed by atoms with Gasteiger partial charge in [0.25, 0.3) is 0 Å². The fourth-order valence-electron chi connectivity index (χ4n) is 5.68. The van der Waals surface area contributed by atoms with Crippen molar-refractivity contribution in [3.05, 3.63) is 88.5 Å². The van der Waals surface area contributed by atoms with Gasteiger partial charge in [-0.2, -0.15) is 0 Å². The fourth-order valence-corrected chi connectivity index (χ4v) is 5.68. The van der Waals surface area contributed by atoms with Crippen LogP contribution < -0.4 is 4.74 Å². The molecule has 2 aromatic carbocycles. The highest BCUT2D eigenvalue weighted by Gasteiger charge is 2.45. The van der Waals surface area contributed by atoms with Crippen molar-refractivity contribution in [2.45, 2.75) is 64.6 Å². The van der Waals surface area contributed by atoms with Gasteiger partial charge in [-0.3, -0.25) is 0 Å². The van der Waals surface area contributed by atoms with E-state index in [0.29, 0.717) is 12.7 Å². The Bertz CT molecular complexity index is 975. The van der Waals surface area contributed by atoms with Crippen LogP contribution in [0.4, 0.5) is 0 Å². The molecule has 3 heteroatoms. The van der Waals surface area contributed by atoms with Crippen LogP contribution in [0.25, 0.3) is 0 Å². The van der Waals surface area contributed by atoms with Gasteiger partial charge in [-0.15, -0.1) is 0 Å². The SMILES string of the molecule is COc1cccc(CCC2=C3C[C@H](OC)CC3(CCCOCc3ccccc3)CC=C2C)c1. The Morgan fingerprint density at radius 3 is 2.58 bits per heavy atom. The highest BCUT2D eigenvalue weighted by Crippen LogP contribution is 2.55. The summed E-state index contributed by atoms with van der Waals surface area (Å²) < 4.78 is 17.3. The summed E-state index contributed by atoms with van der Waals surface area (Å²) >= 11 is 0. The summed E-state index contributed by atoms with van der Waals surface area (Å²) in [6.45, 7) is 3.80. The van der Waals surface area contributed by atoms with Crippen LogP contribution in [0.2, 0.25) is 0 Å². The van der Waals surface area contributed by atoms with E-state index in [9.17, 15) is 0 Å². The van der Waals surface area contributed by atoms with Crippen LogP contribution in [0.3, 0.4) is 0 Å². The molecule has 176 valence electrons. The number of hydrogen-bond donors (Lipinski definition) is 0. The average Bonchev–Trinajstić information content (AvgIpc) is 3.23. The lowest BCUT2D eigenvalue weighted by molar-refractivity contribution is 0.0843. The molecule has 0 spiro atoms. The normalized spacial score (nSPS) is 22.3. The molecule has 2 aromatic rings. The first-order chi connectivity index (χ1) is 16.1. The van der Waals surface area contributed by atoms with E-state index >= 15 is 0 Å². The minimum absolute atomic E-state index is 0.236. The average molecular weight is 447 g/mol. The maximum Gasteiger partial charge on any atom is 0.119 e. The van der Waals surface area contributed by atoms with Gasteiger partial charge in [-0.1, -0.05) is 59.7 Å². The standard InChI is InChI=1S/C30H38O3/c1-23-15-17-30(16-8-18-33-22-25-9-5-4-6-10-25)21-27(32-3)20-29(30)28(23)14-13-24-11-7-12-26(19-24)31-2/h4-7,9-12,15,19,27H,8,13-14,16-18,20-22H2,1-3H3/t27-,30?/m0/s1. The number of ether oxygens (including phenoxy) is 3. The number of methoxy groups -OCH3 is 2. The van der Waals surface area contributed by atoms with Gasteiger partial charge in [0, 0.05) is 13.7 Å². The number of fused-ring (bicyclic) bond motifs is 1. The topological polar surface area (TPSA) is 27.7 Å². The maximum atomic E-state index is 6.01. The van der Waals surface area contributed by atoms with Crippen LogP contribution in [0.15, 0.2) is 77.4 Å². The van der Waals surface area contributed by atoms with Gasteiger partial charge >= 0.3 is 0 Å². The van der Waals surface area contributed by atoms with E-state index in [1.54, 1.807) is 18.3 Å². The summed E-state index contributed by atoms with van der Waals surface area (Å²) in [6.07, 6.45) is 10.5. The Kier molecular flexibility index (Phi) is 8.06. The molecule has 33 heavy (non-hydrogen) atoms. The molecular formula is C30H38O3. The van der Waals surface area contributed by atoms with E-state index in [1.165, 1.54) is 23.1 Å². The second-order valence-electron chi connectivity index (χ2n) is 9.59. The Balaban J connectivity index is 1.43. The van der Waals surface area contributed by atoms with Crippen LogP contribution in [-0.4, -0.2) is 26.9 Å². The molecule has 0 amide bonds. The predicted molar refractivity (Wildman–Crippen MR) is 135 cm³/mol. The third kappa shape index (κ3) is 5.77. The van der Waals surface area contributed by atoms with Gasteiger partial charge in [-0.25, -0.2) is 0 Å². The highest BCUT2D eigenvalue weighted by atomic mass is 16.5. The van der Waals surface area contributed by atoms with Gasteiger partial charge in [0.2, 0.25) is 0 Å². The lowest BCUT2D eigenvalue weighted by Gasteiger charge is -2.36. The molecule has 0 aliphatic heterocycles. The third-order valence-electron chi connectivity index (χ3n) is 7.52. The largest absolute Gasteiger partial charge is 0.497 e. The molecule has 2 aliphatic carbocycles. The van der Waals surface area contributed by atoms with E-state index in [-0.39, 0.29) is 5.41 Å². The first-order valence-corrected chi connectivity index (χ1v) is 12.3. The molecule has 2 atom stereocenters. The van der Waals surface area contributed by atoms with Crippen LogP contribution in [-0.2, 0) is 22.5 Å². The molecule has 2 aliphatic rings. The molecule has 4 rings (SSSR count). The minimum atomic E-state index is 0.236. The molecule has 3 nitrogen and oxygen atoms in total. The Morgan fingerprint density at radius 1 is 0.970 bits per heavy atom. The maximum absolute atomic E-state index is 6.01. The summed E-state index contributed by atoms with van der Waals surface area (Å²) in [7, 11) is 3.61. The number of rotatable bonds is 11. The molecule has 0 radical (unpaired) electrons. The van der Waals surface area contributed by atoms with Gasteiger partial charge < -0.3 is 14.2 Å². The molecule has 0 aromatic heterocycles. The monoisotopic (exact) mass is 446 g/mol. The summed E-state index contributed by atoms with van der Waals surface area (Å²) in [5, 5.41) is 0. The van der Waals surface area contributed by atoms with Crippen LogP contribution in [0.5, 0.6) is 5.75 Å². The zero-order chi connectivity index (χ0) is 23.1. The Morgan fingerprint density at radius 2 is 1.79 bits per heavy atom. The van der Waals surface area contributed by atoms with Gasteiger partial charge in [-0.05, 0) is 86.1 Å². The molecule has 0 heterocycles. The summed E-state index contributed by atoms with van der Waals surface area (Å²) in [5.74, 6) is 0.936. The number of allylic oxidation sites excluding steroid dienone is 3. The predicted octanol–water partition coefficient (Wildman–Crippen LogP) is 7.07. The molecule has 1 saturated carbocycles. The van der Waals surface area contributed by atoms with Crippen molar-refractivity contribution in [3.63, 3.8) is 0 Å². The summed E-state index contributed by atoms with van der Waals surface area (Å²) in [5.41, 5.74) is 7.49. The van der Waals surface area contributed by atoms with E-state index in [0.717, 1.165) is 50.9 Å². The molecular weight excluding hydrogens is 408 g/mol. The van der Waals surface area contributed by atoms with Crippen LogP contribution in [0.1, 0.15) is 56.6 Å².